The van der Waals surface area contributed by atoms with Crippen molar-refractivity contribution in [2.45, 2.75) is 12.8 Å². The number of benzene rings is 4. The van der Waals surface area contributed by atoms with Crippen molar-refractivity contribution in [3.63, 3.8) is 0 Å². The van der Waals surface area contributed by atoms with Gasteiger partial charge >= 0.3 is 8.17 Å². The van der Waals surface area contributed by atoms with Gasteiger partial charge in [-0.3, -0.25) is 0 Å². The Morgan fingerprint density at radius 3 is 0.935 bits per heavy atom. The molecule has 4 aromatic rings. The van der Waals surface area contributed by atoms with Gasteiger partial charge in [0.2, 0.25) is 0 Å². The highest BCUT2D eigenvalue weighted by Gasteiger charge is 2.59. The molecule has 0 aromatic heterocycles. The van der Waals surface area contributed by atoms with Gasteiger partial charge in [-0.15, -0.1) is 0 Å². The predicted molar refractivity (Wildman–Crippen MR) is 121 cm³/mol. The lowest BCUT2D eigenvalue weighted by Crippen LogP contribution is -2.24. The minimum absolute atomic E-state index is 0.708. The molecule has 0 aliphatic carbocycles. The molecule has 2 aliphatic heterocycles. The molecule has 0 saturated heterocycles. The van der Waals surface area contributed by atoms with Crippen LogP contribution in [0, 0.1) is 0 Å². The van der Waals surface area contributed by atoms with E-state index in [1.54, 1.807) is 0 Å². The predicted octanol–water partition coefficient (Wildman–Crippen LogP) is 6.79. The molecular formula is C26H20O4P+. The molecule has 4 aromatic carbocycles. The van der Waals surface area contributed by atoms with Crippen molar-refractivity contribution < 1.29 is 18.1 Å². The van der Waals surface area contributed by atoms with Crippen LogP contribution < -0.4 is 18.1 Å². The summed E-state index contributed by atoms with van der Waals surface area (Å²) >= 11 is 0. The highest BCUT2D eigenvalue weighted by atomic mass is 31.2. The molecule has 0 saturated carbocycles. The molecule has 0 bridgehead atoms. The summed E-state index contributed by atoms with van der Waals surface area (Å²) in [5, 5.41) is 0. The Balaban J connectivity index is 1.57. The average molecular weight is 427 g/mol. The van der Waals surface area contributed by atoms with Gasteiger partial charge in [0.15, 0.2) is 23.0 Å². The van der Waals surface area contributed by atoms with Crippen molar-refractivity contribution in [3.8, 4) is 23.0 Å². The quantitative estimate of drug-likeness (QED) is 0.290. The summed E-state index contributed by atoms with van der Waals surface area (Å²) < 4.78 is 26.1. The summed E-state index contributed by atoms with van der Waals surface area (Å²) in [6, 6.07) is 31.9. The number of hydrogen-bond acceptors (Lipinski definition) is 4. The second-order valence-corrected chi connectivity index (χ2v) is 9.22. The van der Waals surface area contributed by atoms with Gasteiger partial charge in [0, 0.05) is 35.1 Å². The van der Waals surface area contributed by atoms with Crippen molar-refractivity contribution >= 4 is 8.17 Å². The standard InChI is InChI=1S/C26H20O4P/c1-5-13-23-19(9-1)17-20-10-2-6-14-24(20)28-31(27-23)29-25-15-7-3-11-21(25)18-22-12-4-8-16-26(22)30-31/h1-16H,17-18H2/q+1. The van der Waals surface area contributed by atoms with Gasteiger partial charge in [0.25, 0.3) is 0 Å². The van der Waals surface area contributed by atoms with E-state index in [1.165, 1.54) is 0 Å². The zero-order valence-electron chi connectivity index (χ0n) is 16.7. The zero-order valence-corrected chi connectivity index (χ0v) is 17.6. The Hall–Kier alpha value is -3.49. The summed E-state index contributed by atoms with van der Waals surface area (Å²) in [5.74, 6) is 2.84. The molecule has 1 spiro atoms. The summed E-state index contributed by atoms with van der Waals surface area (Å²) in [4.78, 5) is 0. The number of para-hydroxylation sites is 4. The molecule has 2 aliphatic rings. The van der Waals surface area contributed by atoms with Crippen LogP contribution in [0.5, 0.6) is 23.0 Å². The second-order valence-electron chi connectivity index (χ2n) is 7.60. The Morgan fingerprint density at radius 1 is 0.387 bits per heavy atom. The number of fused-ring (bicyclic) bond motifs is 4. The molecule has 2 heterocycles. The Bertz CT molecular complexity index is 1070. The van der Waals surface area contributed by atoms with Crippen molar-refractivity contribution in [1.82, 2.24) is 0 Å². The fraction of sp³-hybridized carbons (Fsp3) is 0.0769. The first kappa shape index (κ1) is 18.3. The SMILES string of the molecule is c1ccc2c(c1)Cc1ccccc1O[P+]1(O2)Oc2ccccc2Cc2ccccc2O1. The Kier molecular flexibility index (Phi) is 4.33. The molecule has 0 atom stereocenters. The average Bonchev–Trinajstić information content (AvgIpc) is 2.77. The van der Waals surface area contributed by atoms with Crippen LogP contribution in [0.1, 0.15) is 22.3 Å². The fourth-order valence-corrected chi connectivity index (χ4v) is 5.86. The third-order valence-corrected chi connectivity index (χ3v) is 7.17. The lowest BCUT2D eigenvalue weighted by Gasteiger charge is -2.26. The summed E-state index contributed by atoms with van der Waals surface area (Å²) in [6.45, 7) is 0. The van der Waals surface area contributed by atoms with Crippen LogP contribution >= 0.6 is 8.17 Å². The van der Waals surface area contributed by atoms with Gasteiger partial charge in [0.1, 0.15) is 0 Å². The van der Waals surface area contributed by atoms with Crippen LogP contribution in [-0.4, -0.2) is 0 Å². The Labute approximate surface area is 181 Å². The van der Waals surface area contributed by atoms with Crippen LogP contribution in [0.4, 0.5) is 0 Å². The minimum Gasteiger partial charge on any atom is -0.241 e. The molecular weight excluding hydrogens is 407 g/mol. The van der Waals surface area contributed by atoms with E-state index in [-0.39, 0.29) is 0 Å². The highest BCUT2D eigenvalue weighted by Crippen LogP contribution is 2.64. The van der Waals surface area contributed by atoms with Crippen molar-refractivity contribution in [3.05, 3.63) is 119 Å². The van der Waals surface area contributed by atoms with Gasteiger partial charge < -0.3 is 0 Å². The van der Waals surface area contributed by atoms with Gasteiger partial charge in [0.05, 0.1) is 0 Å². The first-order valence-electron chi connectivity index (χ1n) is 10.3. The molecule has 0 radical (unpaired) electrons. The van der Waals surface area contributed by atoms with Crippen molar-refractivity contribution in [1.29, 1.82) is 0 Å². The molecule has 0 fully saturated rings. The molecule has 31 heavy (non-hydrogen) atoms. The third-order valence-electron chi connectivity index (χ3n) is 5.49. The maximum atomic E-state index is 6.52. The van der Waals surface area contributed by atoms with Crippen LogP contribution in [0.3, 0.4) is 0 Å². The highest BCUT2D eigenvalue weighted by molar-refractivity contribution is 7.58. The zero-order chi connectivity index (χ0) is 20.7. The summed E-state index contributed by atoms with van der Waals surface area (Å²) in [5.41, 5.74) is 4.25. The second kappa shape index (κ2) is 7.33. The maximum Gasteiger partial charge on any atom is 0.766 e. The number of rotatable bonds is 0. The van der Waals surface area contributed by atoms with Crippen molar-refractivity contribution in [2.24, 2.45) is 0 Å². The molecule has 152 valence electrons. The fourth-order valence-electron chi connectivity index (χ4n) is 3.96. The lowest BCUT2D eigenvalue weighted by molar-refractivity contribution is 0.256. The van der Waals surface area contributed by atoms with Gasteiger partial charge in [-0.25, -0.2) is 18.1 Å². The first-order valence-corrected chi connectivity index (χ1v) is 11.7. The van der Waals surface area contributed by atoms with E-state index in [0.29, 0.717) is 35.8 Å². The van der Waals surface area contributed by atoms with Gasteiger partial charge in [-0.2, -0.15) is 0 Å². The molecule has 0 unspecified atom stereocenters. The summed E-state index contributed by atoms with van der Waals surface area (Å²) in [6.07, 6.45) is 1.42. The minimum atomic E-state index is -3.36. The largest absolute Gasteiger partial charge is 0.766 e. The molecule has 4 nitrogen and oxygen atoms in total. The maximum absolute atomic E-state index is 6.52. The van der Waals surface area contributed by atoms with E-state index >= 15 is 0 Å². The van der Waals surface area contributed by atoms with E-state index in [9.17, 15) is 0 Å². The van der Waals surface area contributed by atoms with Crippen LogP contribution in [0.15, 0.2) is 97.1 Å². The molecule has 0 amide bonds. The third kappa shape index (κ3) is 3.39. The van der Waals surface area contributed by atoms with E-state index in [4.69, 9.17) is 18.1 Å². The first-order chi connectivity index (χ1) is 15.3. The smallest absolute Gasteiger partial charge is 0.241 e. The van der Waals surface area contributed by atoms with Gasteiger partial charge in [-0.1, -0.05) is 72.8 Å². The Morgan fingerprint density at radius 2 is 0.645 bits per heavy atom. The summed E-state index contributed by atoms with van der Waals surface area (Å²) in [7, 11) is -3.36. The van der Waals surface area contributed by atoms with Crippen LogP contribution in [-0.2, 0) is 12.8 Å². The van der Waals surface area contributed by atoms with E-state index < -0.39 is 8.17 Å². The molecule has 0 N–H and O–H groups in total. The van der Waals surface area contributed by atoms with Crippen LogP contribution in [0.2, 0.25) is 0 Å². The van der Waals surface area contributed by atoms with Crippen LogP contribution in [0.25, 0.3) is 0 Å². The monoisotopic (exact) mass is 427 g/mol. The van der Waals surface area contributed by atoms with E-state index in [2.05, 4.69) is 24.3 Å². The molecule has 5 heteroatoms. The van der Waals surface area contributed by atoms with E-state index in [0.717, 1.165) is 22.3 Å². The topological polar surface area (TPSA) is 36.9 Å². The lowest BCUT2D eigenvalue weighted by atomic mass is 10.0. The normalized spacial score (nSPS) is 15.5. The number of hydrogen-bond donors (Lipinski definition) is 0. The van der Waals surface area contributed by atoms with Crippen molar-refractivity contribution in [2.75, 3.05) is 0 Å². The molecule has 6 rings (SSSR count). The van der Waals surface area contributed by atoms with Gasteiger partial charge in [-0.05, 0) is 24.3 Å². The van der Waals surface area contributed by atoms with E-state index in [1.807, 2.05) is 72.8 Å².